The van der Waals surface area contributed by atoms with E-state index in [4.69, 9.17) is 4.74 Å². The fraction of sp³-hybridized carbons (Fsp3) is 0.529. The summed E-state index contributed by atoms with van der Waals surface area (Å²) in [5, 5.41) is 3.10. The number of hydrogen-bond acceptors (Lipinski definition) is 3. The van der Waals surface area contributed by atoms with Crippen LogP contribution in [0.3, 0.4) is 0 Å². The Morgan fingerprint density at radius 2 is 1.63 bits per heavy atom. The van der Waals surface area contributed by atoms with Gasteiger partial charge >= 0.3 is 0 Å². The monoisotopic (exact) mass is 518 g/mol. The van der Waals surface area contributed by atoms with E-state index < -0.39 is 0 Å². The van der Waals surface area contributed by atoms with Crippen molar-refractivity contribution in [3.8, 4) is 5.75 Å². The van der Waals surface area contributed by atoms with E-state index >= 15 is 0 Å². The number of nitrogens with one attached hydrogen (secondary N) is 1. The molecule has 208 valence electrons. The average Bonchev–Trinajstić information content (AvgIpc) is 2.93. The lowest BCUT2D eigenvalue weighted by molar-refractivity contribution is -0.117. The number of pyridine rings is 1. The normalized spacial score (nSPS) is 12.6. The maximum absolute atomic E-state index is 12.5. The third-order valence-corrected chi connectivity index (χ3v) is 7.02. The van der Waals surface area contributed by atoms with Gasteiger partial charge in [-0.15, -0.1) is 0 Å². The minimum atomic E-state index is -0.0388. The van der Waals surface area contributed by atoms with Gasteiger partial charge in [0, 0.05) is 24.5 Å². The van der Waals surface area contributed by atoms with Crippen LogP contribution in [-0.4, -0.2) is 24.0 Å². The first kappa shape index (κ1) is 31.3. The molecule has 1 N–H and O–H groups in total. The summed E-state index contributed by atoms with van der Waals surface area (Å²) in [6.07, 6.45) is 26.6. The topological polar surface area (TPSA) is 51.2 Å². The van der Waals surface area contributed by atoms with Crippen molar-refractivity contribution in [3.63, 3.8) is 0 Å². The molecule has 0 fully saturated rings. The Morgan fingerprint density at radius 1 is 0.947 bits per heavy atom. The number of unbranched alkanes of at least 4 members (excludes halogenated alkanes) is 9. The van der Waals surface area contributed by atoms with E-state index in [9.17, 15) is 4.79 Å². The van der Waals surface area contributed by atoms with Gasteiger partial charge in [-0.1, -0.05) is 95.1 Å². The number of amides is 1. The molecule has 0 radical (unpaired) electrons. The van der Waals surface area contributed by atoms with Crippen LogP contribution in [0.2, 0.25) is 0 Å². The van der Waals surface area contributed by atoms with Crippen LogP contribution in [0.4, 0.5) is 0 Å². The third-order valence-electron chi connectivity index (χ3n) is 7.02. The SMILES string of the molecule is CCCCCCCCCCCC/C(=C\C=C\C(=O)N[C@H](C)CCCc1cccnc1)c1ccc(OC)cc1. The van der Waals surface area contributed by atoms with Gasteiger partial charge in [0.15, 0.2) is 0 Å². The lowest BCUT2D eigenvalue weighted by Crippen LogP contribution is -2.31. The zero-order valence-electron chi connectivity index (χ0n) is 24.1. The van der Waals surface area contributed by atoms with Crippen LogP contribution in [0.25, 0.3) is 5.57 Å². The molecule has 1 aromatic carbocycles. The fourth-order valence-corrected chi connectivity index (χ4v) is 4.71. The largest absolute Gasteiger partial charge is 0.497 e. The van der Waals surface area contributed by atoms with Gasteiger partial charge in [-0.05, 0) is 73.9 Å². The molecule has 1 heterocycles. The zero-order valence-corrected chi connectivity index (χ0v) is 24.1. The molecule has 0 saturated carbocycles. The number of carbonyl (C=O) groups is 1. The van der Waals surface area contributed by atoms with Crippen molar-refractivity contribution in [3.05, 3.63) is 78.1 Å². The predicted octanol–water partition coefficient (Wildman–Crippen LogP) is 8.87. The average molecular weight is 519 g/mol. The Morgan fingerprint density at radius 3 is 2.26 bits per heavy atom. The number of nitrogens with zero attached hydrogens (tertiary/aromatic N) is 1. The first-order valence-corrected chi connectivity index (χ1v) is 14.8. The molecule has 2 rings (SSSR count). The van der Waals surface area contributed by atoms with E-state index in [1.165, 1.54) is 80.9 Å². The van der Waals surface area contributed by atoms with Crippen LogP contribution in [0.1, 0.15) is 108 Å². The molecule has 38 heavy (non-hydrogen) atoms. The number of aryl methyl sites for hydroxylation is 1. The van der Waals surface area contributed by atoms with Crippen molar-refractivity contribution in [2.45, 2.75) is 110 Å². The van der Waals surface area contributed by atoms with Gasteiger partial charge in [-0.3, -0.25) is 9.78 Å². The molecule has 0 spiro atoms. The molecular formula is C34H50N2O2. The molecule has 0 aliphatic rings. The molecule has 0 bridgehead atoms. The van der Waals surface area contributed by atoms with Crippen LogP contribution in [0.15, 0.2) is 67.0 Å². The first-order valence-electron chi connectivity index (χ1n) is 14.8. The van der Waals surface area contributed by atoms with Crippen molar-refractivity contribution in [2.75, 3.05) is 7.11 Å². The van der Waals surface area contributed by atoms with Crippen molar-refractivity contribution in [1.82, 2.24) is 10.3 Å². The summed E-state index contributed by atoms with van der Waals surface area (Å²) in [5.74, 6) is 0.822. The molecule has 0 saturated heterocycles. The number of carbonyl (C=O) groups excluding carboxylic acids is 1. The highest BCUT2D eigenvalue weighted by atomic mass is 16.5. The summed E-state index contributed by atoms with van der Waals surface area (Å²) < 4.78 is 5.33. The highest BCUT2D eigenvalue weighted by Crippen LogP contribution is 2.24. The van der Waals surface area contributed by atoms with Gasteiger partial charge in [0.2, 0.25) is 5.91 Å². The quantitative estimate of drug-likeness (QED) is 0.108. The zero-order chi connectivity index (χ0) is 27.3. The van der Waals surface area contributed by atoms with Gasteiger partial charge < -0.3 is 10.1 Å². The number of hydrogen-bond donors (Lipinski definition) is 1. The second-order valence-corrected chi connectivity index (χ2v) is 10.4. The fourth-order valence-electron chi connectivity index (χ4n) is 4.71. The van der Waals surface area contributed by atoms with Gasteiger partial charge in [0.05, 0.1) is 7.11 Å². The third kappa shape index (κ3) is 14.2. The van der Waals surface area contributed by atoms with E-state index in [1.807, 2.05) is 30.5 Å². The van der Waals surface area contributed by atoms with E-state index in [1.54, 1.807) is 19.4 Å². The van der Waals surface area contributed by atoms with Crippen LogP contribution in [-0.2, 0) is 11.2 Å². The number of rotatable bonds is 20. The van der Waals surface area contributed by atoms with Gasteiger partial charge in [-0.2, -0.15) is 0 Å². The predicted molar refractivity (Wildman–Crippen MR) is 161 cm³/mol. The molecule has 1 amide bonds. The Kier molecular flexibility index (Phi) is 16.6. The summed E-state index contributed by atoms with van der Waals surface area (Å²) in [7, 11) is 1.69. The number of methoxy groups -OCH3 is 1. The van der Waals surface area contributed by atoms with E-state index in [2.05, 4.69) is 48.4 Å². The van der Waals surface area contributed by atoms with E-state index in [0.29, 0.717) is 0 Å². The smallest absolute Gasteiger partial charge is 0.244 e. The lowest BCUT2D eigenvalue weighted by Gasteiger charge is -2.12. The minimum absolute atomic E-state index is 0.0388. The maximum atomic E-state index is 12.5. The Labute approximate surface area is 232 Å². The second kappa shape index (κ2) is 20.1. The second-order valence-electron chi connectivity index (χ2n) is 10.4. The molecule has 4 nitrogen and oxygen atoms in total. The number of allylic oxidation sites excluding steroid dienone is 3. The maximum Gasteiger partial charge on any atom is 0.244 e. The Hall–Kier alpha value is -2.88. The molecule has 0 unspecified atom stereocenters. The molecule has 0 aliphatic heterocycles. The van der Waals surface area contributed by atoms with Gasteiger partial charge in [-0.25, -0.2) is 0 Å². The van der Waals surface area contributed by atoms with Crippen LogP contribution in [0, 0.1) is 0 Å². The summed E-state index contributed by atoms with van der Waals surface area (Å²) in [5.41, 5.74) is 3.70. The molecule has 1 aromatic heterocycles. The van der Waals surface area contributed by atoms with Crippen molar-refractivity contribution >= 4 is 11.5 Å². The van der Waals surface area contributed by atoms with Crippen LogP contribution >= 0.6 is 0 Å². The highest BCUT2D eigenvalue weighted by Gasteiger charge is 2.06. The van der Waals surface area contributed by atoms with E-state index in [0.717, 1.165) is 31.4 Å². The summed E-state index contributed by atoms with van der Waals surface area (Å²) in [4.78, 5) is 16.6. The van der Waals surface area contributed by atoms with Gasteiger partial charge in [0.25, 0.3) is 0 Å². The van der Waals surface area contributed by atoms with Crippen LogP contribution in [0.5, 0.6) is 5.75 Å². The summed E-state index contributed by atoms with van der Waals surface area (Å²) in [6, 6.07) is 12.4. The van der Waals surface area contributed by atoms with Gasteiger partial charge in [0.1, 0.15) is 5.75 Å². The molecule has 0 aliphatic carbocycles. The van der Waals surface area contributed by atoms with Crippen molar-refractivity contribution in [2.24, 2.45) is 0 Å². The number of aromatic nitrogens is 1. The highest BCUT2D eigenvalue weighted by molar-refractivity contribution is 5.88. The Bertz CT molecular complexity index is 935. The molecule has 1 atom stereocenters. The first-order chi connectivity index (χ1) is 18.6. The van der Waals surface area contributed by atoms with Crippen LogP contribution < -0.4 is 10.1 Å². The number of ether oxygens (including phenoxy) is 1. The van der Waals surface area contributed by atoms with E-state index in [-0.39, 0.29) is 11.9 Å². The summed E-state index contributed by atoms with van der Waals surface area (Å²) in [6.45, 7) is 4.34. The van der Waals surface area contributed by atoms with Crippen molar-refractivity contribution in [1.29, 1.82) is 0 Å². The summed E-state index contributed by atoms with van der Waals surface area (Å²) >= 11 is 0. The standard InChI is InChI=1S/C34H50N2O2/c1-4-5-6-7-8-9-10-11-12-13-20-31(32-23-25-33(38-3)26-24-32)21-15-22-34(37)36-29(2)17-14-18-30-19-16-27-35-28-30/h15-16,19,21-29H,4-14,17-18,20H2,1-3H3,(H,36,37)/b22-15+,31-21+/t29-/m1/s1. The number of benzene rings is 1. The molecule has 2 aromatic rings. The Balaban J connectivity index is 1.79. The van der Waals surface area contributed by atoms with Crippen molar-refractivity contribution < 1.29 is 9.53 Å². The lowest BCUT2D eigenvalue weighted by atomic mass is 9.98. The minimum Gasteiger partial charge on any atom is -0.497 e. The molecule has 4 heteroatoms. The molecular weight excluding hydrogens is 468 g/mol.